The van der Waals surface area contributed by atoms with Gasteiger partial charge in [-0.3, -0.25) is 0 Å². The molecule has 0 spiro atoms. The average Bonchev–Trinajstić information content (AvgIpc) is 2.99. The number of hydrogen-bond donors (Lipinski definition) is 0. The van der Waals surface area contributed by atoms with E-state index in [9.17, 15) is 5.26 Å². The molecule has 0 bridgehead atoms. The molecular weight excluding hydrogens is 264 g/mol. The first-order valence-electron chi connectivity index (χ1n) is 7.18. The molecule has 2 aliphatic heterocycles. The molecule has 3 heterocycles. The molecule has 0 radical (unpaired) electrons. The number of aromatic nitrogens is 2. The number of nitrogens with zero attached hydrogens (tertiary/aromatic N) is 6. The molecule has 0 amide bonds. The van der Waals surface area contributed by atoms with Crippen LogP contribution in [0.1, 0.15) is 37.7 Å². The number of rotatable bonds is 0. The predicted molar refractivity (Wildman–Crippen MR) is 76.1 cm³/mol. The van der Waals surface area contributed by atoms with E-state index in [1.807, 2.05) is 0 Å². The Bertz CT molecular complexity index is 734. The standard InChI is InChI=1S/C15H16N6/c1-10-15(2)7-14-11(8-16)17-9-20(14)12-5-3-4-6-13(12)21(15)19-18-10/h3-4,6,9-10,12H,5,7H2,1-2H3. The van der Waals surface area contributed by atoms with Gasteiger partial charge in [0.05, 0.1) is 35.3 Å². The van der Waals surface area contributed by atoms with E-state index < -0.39 is 0 Å². The van der Waals surface area contributed by atoms with Crippen LogP contribution in [0.2, 0.25) is 0 Å². The van der Waals surface area contributed by atoms with Crippen LogP contribution in [0.15, 0.2) is 40.6 Å². The Labute approximate surface area is 123 Å². The van der Waals surface area contributed by atoms with Crippen molar-refractivity contribution in [1.29, 1.82) is 5.26 Å². The molecule has 0 N–H and O–H groups in total. The fraction of sp³-hybridized carbons (Fsp3) is 0.467. The lowest BCUT2D eigenvalue weighted by atomic mass is 9.87. The van der Waals surface area contributed by atoms with Gasteiger partial charge in [-0.1, -0.05) is 17.4 Å². The van der Waals surface area contributed by atoms with Crippen LogP contribution in [-0.4, -0.2) is 26.1 Å². The van der Waals surface area contributed by atoms with Crippen LogP contribution in [0, 0.1) is 11.3 Å². The fourth-order valence-corrected chi connectivity index (χ4v) is 3.44. The van der Waals surface area contributed by atoms with Crippen LogP contribution >= 0.6 is 0 Å². The lowest BCUT2D eigenvalue weighted by Gasteiger charge is -2.36. The summed E-state index contributed by atoms with van der Waals surface area (Å²) < 4.78 is 2.14. The van der Waals surface area contributed by atoms with Gasteiger partial charge in [-0.2, -0.15) is 10.4 Å². The summed E-state index contributed by atoms with van der Waals surface area (Å²) in [5.74, 6) is 0. The van der Waals surface area contributed by atoms with Gasteiger partial charge in [0.1, 0.15) is 6.07 Å². The van der Waals surface area contributed by atoms with E-state index in [0.29, 0.717) is 5.69 Å². The SMILES string of the molecule is CC1N=NN2C3=CC=CCC3n3cnc(C#N)c3CC12C. The lowest BCUT2D eigenvalue weighted by Crippen LogP contribution is -2.47. The Hall–Kier alpha value is -2.42. The van der Waals surface area contributed by atoms with Crippen molar-refractivity contribution in [1.82, 2.24) is 14.6 Å². The highest BCUT2D eigenvalue weighted by Crippen LogP contribution is 2.44. The maximum absolute atomic E-state index is 9.35. The van der Waals surface area contributed by atoms with E-state index in [-0.39, 0.29) is 17.6 Å². The van der Waals surface area contributed by atoms with Gasteiger partial charge in [0.15, 0.2) is 5.69 Å². The first kappa shape index (κ1) is 12.3. The molecule has 3 unspecified atom stereocenters. The quantitative estimate of drug-likeness (QED) is 0.733. The van der Waals surface area contributed by atoms with Crippen LogP contribution in [0.4, 0.5) is 0 Å². The highest BCUT2D eigenvalue weighted by molar-refractivity contribution is 5.35. The zero-order valence-corrected chi connectivity index (χ0v) is 12.1. The first-order chi connectivity index (χ1) is 10.1. The van der Waals surface area contributed by atoms with Crippen molar-refractivity contribution in [2.75, 3.05) is 0 Å². The molecule has 1 aromatic heterocycles. The summed E-state index contributed by atoms with van der Waals surface area (Å²) in [6.45, 7) is 4.24. The second-order valence-corrected chi connectivity index (χ2v) is 6.06. The molecule has 4 rings (SSSR count). The van der Waals surface area contributed by atoms with Gasteiger partial charge >= 0.3 is 0 Å². The predicted octanol–water partition coefficient (Wildman–Crippen LogP) is 2.53. The maximum Gasteiger partial charge on any atom is 0.161 e. The Morgan fingerprint density at radius 2 is 2.33 bits per heavy atom. The number of nitriles is 1. The van der Waals surface area contributed by atoms with Crippen LogP contribution < -0.4 is 0 Å². The third-order valence-electron chi connectivity index (χ3n) is 4.91. The lowest BCUT2D eigenvalue weighted by molar-refractivity contribution is 0.162. The Morgan fingerprint density at radius 3 is 3.14 bits per heavy atom. The minimum absolute atomic E-state index is 0.0814. The molecule has 6 heteroatoms. The van der Waals surface area contributed by atoms with E-state index in [0.717, 1.165) is 24.2 Å². The second kappa shape index (κ2) is 4.04. The Balaban J connectivity index is 1.96. The topological polar surface area (TPSA) is 69.6 Å². The van der Waals surface area contributed by atoms with Gasteiger partial charge in [-0.25, -0.2) is 9.99 Å². The average molecular weight is 280 g/mol. The summed E-state index contributed by atoms with van der Waals surface area (Å²) in [6, 6.07) is 2.45. The fourth-order valence-electron chi connectivity index (χ4n) is 3.44. The molecule has 0 aromatic carbocycles. The van der Waals surface area contributed by atoms with E-state index >= 15 is 0 Å². The van der Waals surface area contributed by atoms with Crippen LogP contribution in [0.3, 0.4) is 0 Å². The highest BCUT2D eigenvalue weighted by Gasteiger charge is 2.49. The van der Waals surface area contributed by atoms with Gasteiger partial charge in [-0.15, -0.1) is 0 Å². The van der Waals surface area contributed by atoms with E-state index in [4.69, 9.17) is 0 Å². The molecule has 21 heavy (non-hydrogen) atoms. The molecule has 0 saturated heterocycles. The molecule has 1 aliphatic carbocycles. The molecule has 1 aromatic rings. The normalized spacial score (nSPS) is 32.8. The Kier molecular flexibility index (Phi) is 2.37. The summed E-state index contributed by atoms with van der Waals surface area (Å²) in [5.41, 5.74) is 2.41. The van der Waals surface area contributed by atoms with E-state index in [2.05, 4.69) is 63.0 Å². The van der Waals surface area contributed by atoms with Gasteiger partial charge in [-0.05, 0) is 26.3 Å². The van der Waals surface area contributed by atoms with Crippen molar-refractivity contribution in [3.05, 3.63) is 41.6 Å². The van der Waals surface area contributed by atoms with Crippen molar-refractivity contribution < 1.29 is 0 Å². The summed E-state index contributed by atoms with van der Waals surface area (Å²) in [7, 11) is 0. The molecule has 3 atom stereocenters. The summed E-state index contributed by atoms with van der Waals surface area (Å²) >= 11 is 0. The van der Waals surface area contributed by atoms with E-state index in [1.54, 1.807) is 6.33 Å². The smallest absolute Gasteiger partial charge is 0.161 e. The molecule has 106 valence electrons. The van der Waals surface area contributed by atoms with Crippen LogP contribution in [-0.2, 0) is 6.42 Å². The molecule has 0 saturated carbocycles. The summed E-state index contributed by atoms with van der Waals surface area (Å²) in [6.07, 6.45) is 9.71. The summed E-state index contributed by atoms with van der Waals surface area (Å²) in [5, 5.41) is 20.2. The summed E-state index contributed by atoms with van der Waals surface area (Å²) in [4.78, 5) is 4.29. The third kappa shape index (κ3) is 1.49. The number of allylic oxidation sites excluding steroid dienone is 4. The highest BCUT2D eigenvalue weighted by atomic mass is 15.6. The monoisotopic (exact) mass is 280 g/mol. The zero-order valence-electron chi connectivity index (χ0n) is 12.1. The van der Waals surface area contributed by atoms with Gasteiger partial charge in [0.2, 0.25) is 0 Å². The molecule has 3 aliphatic rings. The molecular formula is C15H16N6. The van der Waals surface area contributed by atoms with Gasteiger partial charge in [0.25, 0.3) is 0 Å². The van der Waals surface area contributed by atoms with Gasteiger partial charge < -0.3 is 4.57 Å². The van der Waals surface area contributed by atoms with Crippen molar-refractivity contribution >= 4 is 0 Å². The minimum atomic E-state index is -0.241. The van der Waals surface area contributed by atoms with Crippen molar-refractivity contribution in [3.63, 3.8) is 0 Å². The van der Waals surface area contributed by atoms with Gasteiger partial charge in [0, 0.05) is 6.42 Å². The van der Waals surface area contributed by atoms with Crippen molar-refractivity contribution in [2.24, 2.45) is 10.3 Å². The largest absolute Gasteiger partial charge is 0.324 e. The van der Waals surface area contributed by atoms with Crippen molar-refractivity contribution in [2.45, 2.75) is 44.3 Å². The van der Waals surface area contributed by atoms with Crippen molar-refractivity contribution in [3.8, 4) is 6.07 Å². The first-order valence-corrected chi connectivity index (χ1v) is 7.18. The second-order valence-electron chi connectivity index (χ2n) is 6.06. The number of hydrogen-bond acceptors (Lipinski definition) is 5. The molecule has 0 fully saturated rings. The van der Waals surface area contributed by atoms with Crippen LogP contribution in [0.5, 0.6) is 0 Å². The third-order valence-corrected chi connectivity index (χ3v) is 4.91. The molecule has 6 nitrogen and oxygen atoms in total. The Morgan fingerprint density at radius 1 is 1.48 bits per heavy atom. The number of imidazole rings is 1. The number of fused-ring (bicyclic) bond motifs is 5. The minimum Gasteiger partial charge on any atom is -0.324 e. The zero-order chi connectivity index (χ0) is 14.6. The maximum atomic E-state index is 9.35. The van der Waals surface area contributed by atoms with Crippen LogP contribution in [0.25, 0.3) is 0 Å². The van der Waals surface area contributed by atoms with E-state index in [1.165, 1.54) is 0 Å².